The van der Waals surface area contributed by atoms with Gasteiger partial charge in [0.05, 0.1) is 24.1 Å². The highest BCUT2D eigenvalue weighted by Crippen LogP contribution is 2.35. The van der Waals surface area contributed by atoms with Crippen LogP contribution in [0.3, 0.4) is 0 Å². The zero-order valence-corrected chi connectivity index (χ0v) is 17.4. The molecule has 8 nitrogen and oxygen atoms in total. The van der Waals surface area contributed by atoms with Gasteiger partial charge < -0.3 is 20.1 Å². The van der Waals surface area contributed by atoms with E-state index in [0.717, 1.165) is 19.3 Å². The van der Waals surface area contributed by atoms with Crippen LogP contribution in [0.15, 0.2) is 42.7 Å². The zero-order chi connectivity index (χ0) is 21.5. The number of aromatic nitrogens is 4. The van der Waals surface area contributed by atoms with E-state index in [1.165, 1.54) is 6.07 Å². The van der Waals surface area contributed by atoms with Crippen molar-refractivity contribution in [2.75, 3.05) is 11.9 Å². The van der Waals surface area contributed by atoms with Crippen molar-refractivity contribution in [2.45, 2.75) is 43.6 Å². The van der Waals surface area contributed by atoms with Gasteiger partial charge >= 0.3 is 0 Å². The summed E-state index contributed by atoms with van der Waals surface area (Å²) in [6, 6.07) is 8.72. The van der Waals surface area contributed by atoms with Gasteiger partial charge in [-0.15, -0.1) is 10.2 Å². The Labute approximate surface area is 179 Å². The van der Waals surface area contributed by atoms with Gasteiger partial charge in [0.2, 0.25) is 0 Å². The van der Waals surface area contributed by atoms with Gasteiger partial charge in [0.25, 0.3) is 0 Å². The summed E-state index contributed by atoms with van der Waals surface area (Å²) in [5, 5.41) is 26.5. The van der Waals surface area contributed by atoms with Crippen molar-refractivity contribution in [1.29, 1.82) is 0 Å². The number of aromatic hydroxyl groups is 1. The van der Waals surface area contributed by atoms with Crippen molar-refractivity contribution in [1.82, 2.24) is 25.3 Å². The van der Waals surface area contributed by atoms with Crippen molar-refractivity contribution in [3.63, 3.8) is 0 Å². The normalized spacial score (nSPS) is 24.9. The average molecular weight is 424 g/mol. The first kappa shape index (κ1) is 19.7. The zero-order valence-electron chi connectivity index (χ0n) is 17.4. The lowest BCUT2D eigenvalue weighted by molar-refractivity contribution is 0.176. The number of nitrogens with one attached hydrogen (secondary N) is 1. The Morgan fingerprint density at radius 3 is 2.77 bits per heavy atom. The number of aryl methyl sites for hydroxylation is 1. The van der Waals surface area contributed by atoms with Crippen molar-refractivity contribution in [2.24, 2.45) is 7.05 Å². The van der Waals surface area contributed by atoms with Crippen LogP contribution >= 0.6 is 0 Å². The van der Waals surface area contributed by atoms with E-state index in [4.69, 9.17) is 4.74 Å². The number of alkyl halides is 1. The second-order valence-electron chi connectivity index (χ2n) is 8.31. The molecule has 0 radical (unpaired) electrons. The van der Waals surface area contributed by atoms with Gasteiger partial charge in [-0.05, 0) is 43.5 Å². The highest BCUT2D eigenvalue weighted by Gasteiger charge is 2.43. The molecule has 2 saturated heterocycles. The SMILES string of the molecule is CN(c1ccc(-c2ccc(Oc3cnn(C)c3)cc2O)nn1)[C@@H]1CC2CCC(N2)[C@@H]1F. The molecule has 162 valence electrons. The maximum atomic E-state index is 14.9. The molecule has 0 aliphatic carbocycles. The van der Waals surface area contributed by atoms with Gasteiger partial charge in [-0.2, -0.15) is 5.10 Å². The summed E-state index contributed by atoms with van der Waals surface area (Å²) in [6.07, 6.45) is 5.08. The van der Waals surface area contributed by atoms with Crippen LogP contribution < -0.4 is 15.0 Å². The number of hydrogen-bond acceptors (Lipinski definition) is 7. The number of fused-ring (bicyclic) bond motifs is 2. The number of benzene rings is 1. The fourth-order valence-electron chi connectivity index (χ4n) is 4.55. The molecule has 4 atom stereocenters. The second-order valence-corrected chi connectivity index (χ2v) is 8.31. The molecule has 2 bridgehead atoms. The van der Waals surface area contributed by atoms with Gasteiger partial charge in [0.15, 0.2) is 11.6 Å². The van der Waals surface area contributed by atoms with Crippen LogP contribution in [0.2, 0.25) is 0 Å². The third-order valence-electron chi connectivity index (χ3n) is 6.23. The maximum Gasteiger partial charge on any atom is 0.165 e. The number of phenols is 1. The number of phenolic OH excluding ortho intramolecular Hbond substituents is 1. The van der Waals surface area contributed by atoms with E-state index >= 15 is 0 Å². The van der Waals surface area contributed by atoms with E-state index in [-0.39, 0.29) is 17.8 Å². The molecule has 3 aromatic rings. The fraction of sp³-hybridized carbons (Fsp3) is 0.409. The number of nitrogens with zero attached hydrogens (tertiary/aromatic N) is 5. The number of hydrogen-bond donors (Lipinski definition) is 2. The highest BCUT2D eigenvalue weighted by atomic mass is 19.1. The van der Waals surface area contributed by atoms with Gasteiger partial charge in [-0.25, -0.2) is 4.39 Å². The molecule has 0 saturated carbocycles. The monoisotopic (exact) mass is 424 g/mol. The minimum Gasteiger partial charge on any atom is -0.507 e. The Morgan fingerprint density at radius 1 is 1.19 bits per heavy atom. The summed E-state index contributed by atoms with van der Waals surface area (Å²) in [4.78, 5) is 1.89. The molecule has 2 aliphatic heterocycles. The van der Waals surface area contributed by atoms with Crippen LogP contribution in [-0.4, -0.2) is 56.4 Å². The van der Waals surface area contributed by atoms with E-state index in [1.54, 1.807) is 42.3 Å². The summed E-state index contributed by atoms with van der Waals surface area (Å²) >= 11 is 0. The van der Waals surface area contributed by atoms with E-state index in [9.17, 15) is 9.50 Å². The van der Waals surface area contributed by atoms with E-state index in [1.807, 2.05) is 18.0 Å². The lowest BCUT2D eigenvalue weighted by atomic mass is 9.96. The molecule has 2 aromatic heterocycles. The van der Waals surface area contributed by atoms with Crippen molar-refractivity contribution in [3.8, 4) is 28.5 Å². The molecule has 5 rings (SSSR count). The third-order valence-corrected chi connectivity index (χ3v) is 6.23. The Kier molecular flexibility index (Phi) is 4.97. The maximum absolute atomic E-state index is 14.9. The lowest BCUT2D eigenvalue weighted by Crippen LogP contribution is -2.55. The van der Waals surface area contributed by atoms with Gasteiger partial charge in [-0.3, -0.25) is 4.68 Å². The van der Waals surface area contributed by atoms with Gasteiger partial charge in [0.1, 0.15) is 17.7 Å². The Hall–Kier alpha value is -3.20. The minimum atomic E-state index is -0.929. The minimum absolute atomic E-state index is 0.0375. The second kappa shape index (κ2) is 7.81. The van der Waals surface area contributed by atoms with Crippen LogP contribution in [0.1, 0.15) is 19.3 Å². The predicted molar refractivity (Wildman–Crippen MR) is 114 cm³/mol. The number of rotatable bonds is 5. The smallest absolute Gasteiger partial charge is 0.165 e. The molecular formula is C22H25FN6O2. The van der Waals surface area contributed by atoms with Crippen molar-refractivity contribution < 1.29 is 14.2 Å². The number of ether oxygens (including phenoxy) is 1. The molecule has 2 unspecified atom stereocenters. The molecule has 9 heteroatoms. The first-order valence-corrected chi connectivity index (χ1v) is 10.4. The molecule has 2 aliphatic rings. The average Bonchev–Trinajstić information content (AvgIpc) is 3.37. The molecule has 0 amide bonds. The number of anilines is 1. The quantitative estimate of drug-likeness (QED) is 0.651. The molecule has 31 heavy (non-hydrogen) atoms. The van der Waals surface area contributed by atoms with Gasteiger partial charge in [-0.1, -0.05) is 0 Å². The molecular weight excluding hydrogens is 399 g/mol. The third kappa shape index (κ3) is 3.81. The standard InChI is InChI=1S/C22H25FN6O2/c1-28-12-15(11-24-28)31-14-4-5-16(20(30)10-14)17-7-8-21(27-26-17)29(2)19-9-13-3-6-18(25-13)22(19)23/h4-5,7-8,10-13,18-19,22,25,30H,3,6,9H2,1-2H3/t13?,18?,19-,22+/m1/s1. The van der Waals surface area contributed by atoms with E-state index < -0.39 is 6.17 Å². The summed E-state index contributed by atoms with van der Waals surface area (Å²) < 4.78 is 22.2. The van der Waals surface area contributed by atoms with Crippen molar-refractivity contribution >= 4 is 5.82 Å². The lowest BCUT2D eigenvalue weighted by Gasteiger charge is -2.38. The Morgan fingerprint density at radius 2 is 2.06 bits per heavy atom. The first-order valence-electron chi connectivity index (χ1n) is 10.4. The molecule has 1 aromatic carbocycles. The Bertz CT molecular complexity index is 1070. The summed E-state index contributed by atoms with van der Waals surface area (Å²) in [5.41, 5.74) is 1.08. The molecule has 2 N–H and O–H groups in total. The Balaban J connectivity index is 1.31. The van der Waals surface area contributed by atoms with Crippen LogP contribution in [0.25, 0.3) is 11.3 Å². The van der Waals surface area contributed by atoms with E-state index in [0.29, 0.717) is 34.6 Å². The summed E-state index contributed by atoms with van der Waals surface area (Å²) in [7, 11) is 3.67. The predicted octanol–water partition coefficient (Wildman–Crippen LogP) is 3.04. The highest BCUT2D eigenvalue weighted by molar-refractivity contribution is 5.68. The first-order chi connectivity index (χ1) is 15.0. The fourth-order valence-corrected chi connectivity index (χ4v) is 4.55. The molecule has 2 fully saturated rings. The van der Waals surface area contributed by atoms with Crippen LogP contribution in [0.5, 0.6) is 17.2 Å². The van der Waals surface area contributed by atoms with Crippen LogP contribution in [0, 0.1) is 0 Å². The number of piperidine rings is 1. The van der Waals surface area contributed by atoms with Crippen molar-refractivity contribution in [3.05, 3.63) is 42.7 Å². The van der Waals surface area contributed by atoms with E-state index in [2.05, 4.69) is 20.6 Å². The largest absolute Gasteiger partial charge is 0.507 e. The molecule has 4 heterocycles. The number of halogens is 1. The topological polar surface area (TPSA) is 88.3 Å². The van der Waals surface area contributed by atoms with Gasteiger partial charge in [0, 0.05) is 37.8 Å². The summed E-state index contributed by atoms with van der Waals surface area (Å²) in [6.45, 7) is 0. The molecule has 0 spiro atoms. The summed E-state index contributed by atoms with van der Waals surface area (Å²) in [5.74, 6) is 1.73. The van der Waals surface area contributed by atoms with Crippen LogP contribution in [0.4, 0.5) is 10.2 Å². The van der Waals surface area contributed by atoms with Crippen LogP contribution in [-0.2, 0) is 7.05 Å².